The molecule has 0 aliphatic rings. The zero-order valence-corrected chi connectivity index (χ0v) is 16.0. The summed E-state index contributed by atoms with van der Waals surface area (Å²) >= 11 is 0. The van der Waals surface area contributed by atoms with E-state index in [0.29, 0.717) is 16.7 Å². The number of imidazole rings is 1. The Kier molecular flexibility index (Phi) is 4.87. The standard InChI is InChI=1S/C22H19N3O4/c1-14(15-6-8-17(9-7-15)25-11-10-23-13-25)24-21(26)18-12-16-4-3-5-19(28-2)20(16)29-22(18)27/h3-14H,1-2H3,(H,24,26)/t14-/m0/s1. The van der Waals surface area contributed by atoms with Crippen molar-refractivity contribution in [2.24, 2.45) is 0 Å². The van der Waals surface area contributed by atoms with Crippen molar-refractivity contribution in [3.63, 3.8) is 0 Å². The Morgan fingerprint density at radius 2 is 2.00 bits per heavy atom. The second-order valence-electron chi connectivity index (χ2n) is 6.58. The van der Waals surface area contributed by atoms with E-state index < -0.39 is 11.5 Å². The van der Waals surface area contributed by atoms with E-state index >= 15 is 0 Å². The van der Waals surface area contributed by atoms with Crippen LogP contribution in [0.2, 0.25) is 0 Å². The van der Waals surface area contributed by atoms with Gasteiger partial charge in [-0.1, -0.05) is 24.3 Å². The Bertz CT molecular complexity index is 1210. The van der Waals surface area contributed by atoms with Crippen LogP contribution in [0.1, 0.15) is 28.9 Å². The van der Waals surface area contributed by atoms with E-state index in [1.54, 1.807) is 30.7 Å². The third kappa shape index (κ3) is 3.62. The van der Waals surface area contributed by atoms with E-state index in [9.17, 15) is 9.59 Å². The lowest BCUT2D eigenvalue weighted by molar-refractivity contribution is 0.0936. The molecule has 1 amide bonds. The van der Waals surface area contributed by atoms with Gasteiger partial charge in [-0.3, -0.25) is 4.79 Å². The summed E-state index contributed by atoms with van der Waals surface area (Å²) in [6.07, 6.45) is 5.28. The minimum absolute atomic E-state index is 0.0485. The number of carbonyl (C=O) groups is 1. The Morgan fingerprint density at radius 1 is 1.21 bits per heavy atom. The van der Waals surface area contributed by atoms with Crippen molar-refractivity contribution in [3.8, 4) is 11.4 Å². The highest BCUT2D eigenvalue weighted by Crippen LogP contribution is 2.24. The summed E-state index contributed by atoms with van der Waals surface area (Å²) in [4.78, 5) is 29.1. The molecule has 29 heavy (non-hydrogen) atoms. The summed E-state index contributed by atoms with van der Waals surface area (Å²) in [7, 11) is 1.50. The predicted molar refractivity (Wildman–Crippen MR) is 108 cm³/mol. The van der Waals surface area contributed by atoms with Crippen molar-refractivity contribution in [2.45, 2.75) is 13.0 Å². The number of hydrogen-bond donors (Lipinski definition) is 1. The average Bonchev–Trinajstić information content (AvgIpc) is 3.27. The maximum absolute atomic E-state index is 12.7. The molecule has 7 nitrogen and oxygen atoms in total. The molecule has 146 valence electrons. The summed E-state index contributed by atoms with van der Waals surface area (Å²) in [6.45, 7) is 1.86. The van der Waals surface area contributed by atoms with Gasteiger partial charge in [-0.05, 0) is 36.8 Å². The van der Waals surface area contributed by atoms with Crippen LogP contribution in [-0.2, 0) is 0 Å². The Hall–Kier alpha value is -3.87. The Balaban J connectivity index is 1.56. The first-order valence-electron chi connectivity index (χ1n) is 9.07. The first-order chi connectivity index (χ1) is 14.1. The molecule has 0 saturated carbocycles. The number of methoxy groups -OCH3 is 1. The second-order valence-corrected chi connectivity index (χ2v) is 6.58. The SMILES string of the molecule is COc1cccc2cc(C(=O)N[C@@H](C)c3ccc(-n4ccnc4)cc3)c(=O)oc12. The van der Waals surface area contributed by atoms with Gasteiger partial charge in [0.1, 0.15) is 5.56 Å². The molecule has 1 atom stereocenters. The van der Waals surface area contributed by atoms with E-state index in [2.05, 4.69) is 10.3 Å². The molecule has 2 heterocycles. The number of amides is 1. The van der Waals surface area contributed by atoms with Crippen LogP contribution in [0.5, 0.6) is 5.75 Å². The zero-order valence-electron chi connectivity index (χ0n) is 16.0. The fourth-order valence-electron chi connectivity index (χ4n) is 3.14. The monoisotopic (exact) mass is 389 g/mol. The molecular formula is C22H19N3O4. The highest BCUT2D eigenvalue weighted by atomic mass is 16.5. The van der Waals surface area contributed by atoms with E-state index in [1.807, 2.05) is 42.0 Å². The molecule has 0 aliphatic carbocycles. The smallest absolute Gasteiger partial charge is 0.349 e. The number of nitrogens with zero attached hydrogens (tertiary/aromatic N) is 2. The maximum Gasteiger partial charge on any atom is 0.349 e. The molecule has 0 unspecified atom stereocenters. The third-order valence-electron chi connectivity index (χ3n) is 4.73. The molecular weight excluding hydrogens is 370 g/mol. The largest absolute Gasteiger partial charge is 0.493 e. The van der Waals surface area contributed by atoms with Crippen LogP contribution in [0.25, 0.3) is 16.7 Å². The lowest BCUT2D eigenvalue weighted by atomic mass is 10.1. The molecule has 2 aromatic heterocycles. The highest BCUT2D eigenvalue weighted by molar-refractivity contribution is 5.97. The summed E-state index contributed by atoms with van der Waals surface area (Å²) < 4.78 is 12.4. The number of rotatable bonds is 5. The summed E-state index contributed by atoms with van der Waals surface area (Å²) in [6, 6.07) is 14.2. The molecule has 4 rings (SSSR count). The molecule has 2 aromatic carbocycles. The van der Waals surface area contributed by atoms with Gasteiger partial charge >= 0.3 is 5.63 Å². The topological polar surface area (TPSA) is 86.4 Å². The van der Waals surface area contributed by atoms with Gasteiger partial charge < -0.3 is 19.0 Å². The number of fused-ring (bicyclic) bond motifs is 1. The van der Waals surface area contributed by atoms with Gasteiger partial charge in [-0.15, -0.1) is 0 Å². The van der Waals surface area contributed by atoms with Crippen molar-refractivity contribution in [2.75, 3.05) is 7.11 Å². The summed E-state index contributed by atoms with van der Waals surface area (Å²) in [5, 5.41) is 3.47. The Labute approximate surface area is 166 Å². The lowest BCUT2D eigenvalue weighted by Gasteiger charge is -2.15. The highest BCUT2D eigenvalue weighted by Gasteiger charge is 2.18. The van der Waals surface area contributed by atoms with Crippen LogP contribution >= 0.6 is 0 Å². The van der Waals surface area contributed by atoms with Crippen LogP contribution < -0.4 is 15.7 Å². The first kappa shape index (κ1) is 18.5. The number of benzene rings is 2. The minimum atomic E-state index is -0.706. The number of ether oxygens (including phenoxy) is 1. The van der Waals surface area contributed by atoms with Gasteiger partial charge in [0.25, 0.3) is 5.91 Å². The molecule has 0 fully saturated rings. The molecule has 7 heteroatoms. The molecule has 4 aromatic rings. The molecule has 1 N–H and O–H groups in total. The summed E-state index contributed by atoms with van der Waals surface area (Å²) in [5.41, 5.74) is 1.44. The lowest BCUT2D eigenvalue weighted by Crippen LogP contribution is -2.30. The predicted octanol–water partition coefficient (Wildman–Crippen LogP) is 3.48. The van der Waals surface area contributed by atoms with Crippen LogP contribution in [0.3, 0.4) is 0 Å². The van der Waals surface area contributed by atoms with E-state index in [0.717, 1.165) is 11.3 Å². The molecule has 0 radical (unpaired) electrons. The van der Waals surface area contributed by atoms with Crippen molar-refractivity contribution in [1.29, 1.82) is 0 Å². The van der Waals surface area contributed by atoms with Gasteiger partial charge in [-0.2, -0.15) is 0 Å². The molecule has 0 bridgehead atoms. The van der Waals surface area contributed by atoms with Crippen LogP contribution in [0.15, 0.2) is 76.5 Å². The van der Waals surface area contributed by atoms with Gasteiger partial charge in [0.15, 0.2) is 11.3 Å². The zero-order chi connectivity index (χ0) is 20.4. The number of para-hydroxylation sites is 1. The quantitative estimate of drug-likeness (QED) is 0.528. The number of hydrogen-bond acceptors (Lipinski definition) is 5. The first-order valence-corrected chi connectivity index (χ1v) is 9.07. The van der Waals surface area contributed by atoms with Crippen molar-refractivity contribution in [3.05, 3.63) is 88.8 Å². The van der Waals surface area contributed by atoms with Gasteiger partial charge in [-0.25, -0.2) is 9.78 Å². The van der Waals surface area contributed by atoms with Crippen molar-refractivity contribution < 1.29 is 13.9 Å². The van der Waals surface area contributed by atoms with Crippen LogP contribution in [0.4, 0.5) is 0 Å². The third-order valence-corrected chi connectivity index (χ3v) is 4.73. The van der Waals surface area contributed by atoms with Crippen LogP contribution in [-0.4, -0.2) is 22.6 Å². The number of nitrogens with one attached hydrogen (secondary N) is 1. The second kappa shape index (κ2) is 7.63. The number of carbonyl (C=O) groups excluding carboxylic acids is 1. The fourth-order valence-corrected chi connectivity index (χ4v) is 3.14. The van der Waals surface area contributed by atoms with Crippen molar-refractivity contribution >= 4 is 16.9 Å². The fraction of sp³-hybridized carbons (Fsp3) is 0.136. The normalized spacial score (nSPS) is 11.9. The molecule has 0 spiro atoms. The van der Waals surface area contributed by atoms with E-state index in [4.69, 9.17) is 9.15 Å². The van der Waals surface area contributed by atoms with Gasteiger partial charge in [0, 0.05) is 23.5 Å². The molecule has 0 saturated heterocycles. The van der Waals surface area contributed by atoms with Crippen LogP contribution in [0, 0.1) is 0 Å². The number of aromatic nitrogens is 2. The van der Waals surface area contributed by atoms with E-state index in [-0.39, 0.29) is 11.6 Å². The summed E-state index contributed by atoms with van der Waals surface area (Å²) in [5.74, 6) is -0.0486. The Morgan fingerprint density at radius 3 is 2.69 bits per heavy atom. The van der Waals surface area contributed by atoms with Gasteiger partial charge in [0.05, 0.1) is 19.5 Å². The van der Waals surface area contributed by atoms with E-state index in [1.165, 1.54) is 13.2 Å². The van der Waals surface area contributed by atoms with Gasteiger partial charge in [0.2, 0.25) is 0 Å². The molecule has 0 aliphatic heterocycles. The maximum atomic E-state index is 12.7. The van der Waals surface area contributed by atoms with Crippen molar-refractivity contribution in [1.82, 2.24) is 14.9 Å². The minimum Gasteiger partial charge on any atom is -0.493 e. The average molecular weight is 389 g/mol.